The second-order valence-corrected chi connectivity index (χ2v) is 8.22. The molecule has 6 heteroatoms. The van der Waals surface area contributed by atoms with Crippen LogP contribution in [0.1, 0.15) is 54.9 Å². The predicted molar refractivity (Wildman–Crippen MR) is 88.8 cm³/mol. The van der Waals surface area contributed by atoms with Gasteiger partial charge in [0.25, 0.3) is 5.91 Å². The van der Waals surface area contributed by atoms with E-state index in [9.17, 15) is 13.2 Å². The van der Waals surface area contributed by atoms with Crippen molar-refractivity contribution in [3.8, 4) is 0 Å². The number of nitrogens with one attached hydrogen (secondary N) is 2. The maximum Gasteiger partial charge on any atom is 0.251 e. The van der Waals surface area contributed by atoms with Gasteiger partial charge >= 0.3 is 0 Å². The van der Waals surface area contributed by atoms with Crippen molar-refractivity contribution in [3.63, 3.8) is 0 Å². The summed E-state index contributed by atoms with van der Waals surface area (Å²) < 4.78 is 28.3. The molecule has 1 saturated carbocycles. The Morgan fingerprint density at radius 3 is 2.83 bits per heavy atom. The summed E-state index contributed by atoms with van der Waals surface area (Å²) in [6.07, 6.45) is 5.95. The summed E-state index contributed by atoms with van der Waals surface area (Å²) in [6, 6.07) is 4.89. The van der Waals surface area contributed by atoms with Crippen LogP contribution < -0.4 is 10.0 Å². The summed E-state index contributed by atoms with van der Waals surface area (Å²) in [6.45, 7) is 2.72. The minimum absolute atomic E-state index is 0.00334. The lowest BCUT2D eigenvalue weighted by Crippen LogP contribution is -2.42. The Balaban J connectivity index is 1.85. The highest BCUT2D eigenvalue weighted by atomic mass is 32.2. The van der Waals surface area contributed by atoms with E-state index in [1.54, 1.807) is 12.1 Å². The molecule has 2 aliphatic rings. The largest absolute Gasteiger partial charge is 0.352 e. The second kappa shape index (κ2) is 6.61. The molecule has 2 unspecified atom stereocenters. The van der Waals surface area contributed by atoms with Crippen molar-refractivity contribution < 1.29 is 13.2 Å². The Morgan fingerprint density at radius 1 is 1.26 bits per heavy atom. The van der Waals surface area contributed by atoms with Crippen LogP contribution in [0.2, 0.25) is 0 Å². The molecule has 0 saturated heterocycles. The lowest BCUT2D eigenvalue weighted by atomic mass is 9.83. The minimum Gasteiger partial charge on any atom is -0.352 e. The molecule has 5 nitrogen and oxygen atoms in total. The number of hydrogen-bond acceptors (Lipinski definition) is 3. The molecule has 126 valence electrons. The maximum atomic E-state index is 12.7. The molecule has 0 aromatic heterocycles. The van der Waals surface area contributed by atoms with Crippen LogP contribution in [0.5, 0.6) is 0 Å². The van der Waals surface area contributed by atoms with E-state index in [1.165, 1.54) is 12.5 Å². The van der Waals surface area contributed by atoms with Gasteiger partial charge < -0.3 is 5.32 Å². The lowest BCUT2D eigenvalue weighted by molar-refractivity contribution is 0.0945. The smallest absolute Gasteiger partial charge is 0.251 e. The third kappa shape index (κ3) is 3.43. The van der Waals surface area contributed by atoms with Crippen LogP contribution in [-0.4, -0.2) is 26.9 Å². The van der Waals surface area contributed by atoms with Gasteiger partial charge in [-0.25, -0.2) is 13.1 Å². The summed E-state index contributed by atoms with van der Waals surface area (Å²) in [4.78, 5) is 12.1. The van der Waals surface area contributed by atoms with E-state index in [0.717, 1.165) is 37.7 Å². The minimum atomic E-state index is -3.59. The maximum absolute atomic E-state index is 12.7. The normalized spacial score (nSPS) is 24.8. The molecule has 1 aliphatic heterocycles. The highest BCUT2D eigenvalue weighted by Crippen LogP contribution is 2.28. The van der Waals surface area contributed by atoms with Crippen LogP contribution >= 0.6 is 0 Å². The summed E-state index contributed by atoms with van der Waals surface area (Å²) in [7, 11) is -3.59. The van der Waals surface area contributed by atoms with Crippen LogP contribution in [0.25, 0.3) is 0 Å². The number of benzene rings is 1. The fourth-order valence-electron chi connectivity index (χ4n) is 3.68. The first-order valence-corrected chi connectivity index (χ1v) is 9.93. The van der Waals surface area contributed by atoms with Crippen molar-refractivity contribution in [2.24, 2.45) is 5.92 Å². The molecule has 0 spiro atoms. The average molecular weight is 336 g/mol. The second-order valence-electron chi connectivity index (χ2n) is 6.51. The van der Waals surface area contributed by atoms with Crippen LogP contribution in [0.15, 0.2) is 23.1 Å². The zero-order valence-corrected chi connectivity index (χ0v) is 14.3. The summed E-state index contributed by atoms with van der Waals surface area (Å²) >= 11 is 0. The van der Waals surface area contributed by atoms with E-state index in [0.29, 0.717) is 18.0 Å². The number of carbonyl (C=O) groups is 1. The van der Waals surface area contributed by atoms with Crippen molar-refractivity contribution in [2.75, 3.05) is 6.54 Å². The monoisotopic (exact) mass is 336 g/mol. The van der Waals surface area contributed by atoms with Gasteiger partial charge in [-0.1, -0.05) is 32.3 Å². The third-order valence-electron chi connectivity index (χ3n) is 5.06. The Labute approximate surface area is 137 Å². The van der Waals surface area contributed by atoms with E-state index in [1.807, 2.05) is 0 Å². The fourth-order valence-corrected chi connectivity index (χ4v) is 5.04. The molecule has 1 aliphatic carbocycles. The average Bonchev–Trinajstić information content (AvgIpc) is 2.55. The molecule has 2 N–H and O–H groups in total. The van der Waals surface area contributed by atoms with E-state index in [4.69, 9.17) is 0 Å². The van der Waals surface area contributed by atoms with E-state index >= 15 is 0 Å². The first-order chi connectivity index (χ1) is 11.0. The van der Waals surface area contributed by atoms with Crippen LogP contribution in [0, 0.1) is 5.92 Å². The first-order valence-electron chi connectivity index (χ1n) is 8.44. The first kappa shape index (κ1) is 16.5. The van der Waals surface area contributed by atoms with Crippen LogP contribution in [-0.2, 0) is 16.4 Å². The van der Waals surface area contributed by atoms with Crippen molar-refractivity contribution in [1.82, 2.24) is 10.0 Å². The standard InChI is InChI=1S/C17H24N2O3S/c1-2-12-5-3-4-6-16(12)19-23(21,22)14-8-7-13-9-10-18-17(20)15(13)11-14/h7-8,11-12,16,19H,2-6,9-10H2,1H3,(H,18,20). The van der Waals surface area contributed by atoms with Crippen molar-refractivity contribution in [2.45, 2.75) is 56.4 Å². The summed E-state index contributed by atoms with van der Waals surface area (Å²) in [5.74, 6) is 0.215. The van der Waals surface area contributed by atoms with Crippen molar-refractivity contribution in [1.29, 1.82) is 0 Å². The number of amides is 1. The number of carbonyl (C=O) groups excluding carboxylic acids is 1. The Hall–Kier alpha value is -1.40. The molecule has 1 amide bonds. The van der Waals surface area contributed by atoms with Gasteiger partial charge in [-0.15, -0.1) is 0 Å². The van der Waals surface area contributed by atoms with Gasteiger partial charge in [0.15, 0.2) is 0 Å². The summed E-state index contributed by atoms with van der Waals surface area (Å²) in [5.41, 5.74) is 1.40. The highest BCUT2D eigenvalue weighted by Gasteiger charge is 2.29. The zero-order valence-electron chi connectivity index (χ0n) is 13.5. The molecule has 0 bridgehead atoms. The van der Waals surface area contributed by atoms with Gasteiger partial charge in [0.05, 0.1) is 4.90 Å². The van der Waals surface area contributed by atoms with E-state index in [2.05, 4.69) is 17.0 Å². The quantitative estimate of drug-likeness (QED) is 0.885. The van der Waals surface area contributed by atoms with E-state index in [-0.39, 0.29) is 16.8 Å². The molecular weight excluding hydrogens is 312 g/mol. The predicted octanol–water partition coefficient (Wildman–Crippen LogP) is 2.22. The Bertz CT molecular complexity index is 700. The van der Waals surface area contributed by atoms with Crippen LogP contribution in [0.3, 0.4) is 0 Å². The molecule has 1 heterocycles. The zero-order chi connectivity index (χ0) is 16.4. The highest BCUT2D eigenvalue weighted by molar-refractivity contribution is 7.89. The molecule has 1 aromatic rings. The van der Waals surface area contributed by atoms with Gasteiger partial charge in [0.2, 0.25) is 10.0 Å². The van der Waals surface area contributed by atoms with Crippen molar-refractivity contribution in [3.05, 3.63) is 29.3 Å². The molecule has 23 heavy (non-hydrogen) atoms. The molecular formula is C17H24N2O3S. The lowest BCUT2D eigenvalue weighted by Gasteiger charge is -2.31. The molecule has 2 atom stereocenters. The van der Waals surface area contributed by atoms with Gasteiger partial charge in [-0.05, 0) is 42.9 Å². The number of fused-ring (bicyclic) bond motifs is 1. The fraction of sp³-hybridized carbons (Fsp3) is 0.588. The molecule has 3 rings (SSSR count). The van der Waals surface area contributed by atoms with Gasteiger partial charge in [-0.3, -0.25) is 4.79 Å². The number of rotatable bonds is 4. The Morgan fingerprint density at radius 2 is 2.04 bits per heavy atom. The number of hydrogen-bond donors (Lipinski definition) is 2. The Kier molecular flexibility index (Phi) is 4.73. The van der Waals surface area contributed by atoms with Gasteiger partial charge in [0.1, 0.15) is 0 Å². The van der Waals surface area contributed by atoms with Crippen molar-refractivity contribution >= 4 is 15.9 Å². The van der Waals surface area contributed by atoms with Gasteiger partial charge in [0, 0.05) is 18.2 Å². The molecule has 0 radical (unpaired) electrons. The number of sulfonamides is 1. The molecule has 1 aromatic carbocycles. The molecule has 1 fully saturated rings. The topological polar surface area (TPSA) is 75.3 Å². The van der Waals surface area contributed by atoms with Gasteiger partial charge in [-0.2, -0.15) is 0 Å². The summed E-state index contributed by atoms with van der Waals surface area (Å²) in [5, 5.41) is 2.76. The van der Waals surface area contributed by atoms with Crippen LogP contribution in [0.4, 0.5) is 0 Å². The van der Waals surface area contributed by atoms with E-state index < -0.39 is 10.0 Å². The SMILES string of the molecule is CCC1CCCCC1NS(=O)(=O)c1ccc2c(c1)C(=O)NCC2. The third-order valence-corrected chi connectivity index (χ3v) is 6.54.